The van der Waals surface area contributed by atoms with Crippen LogP contribution >= 0.6 is 0 Å². The molecule has 0 aliphatic carbocycles. The molecule has 0 saturated carbocycles. The zero-order valence-electron chi connectivity index (χ0n) is 15.3. The van der Waals surface area contributed by atoms with Crippen LogP contribution in [0.15, 0.2) is 36.9 Å². The van der Waals surface area contributed by atoms with Gasteiger partial charge in [-0.1, -0.05) is 6.58 Å². The lowest BCUT2D eigenvalue weighted by atomic mass is 10.1. The summed E-state index contributed by atoms with van der Waals surface area (Å²) in [6.07, 6.45) is 2.01. The normalized spacial score (nSPS) is 22.4. The third-order valence-electron chi connectivity index (χ3n) is 4.89. The van der Waals surface area contributed by atoms with E-state index in [1.165, 1.54) is 10.4 Å². The monoisotopic (exact) mass is 392 g/mol. The predicted octanol–water partition coefficient (Wildman–Crippen LogP) is 0.590. The van der Waals surface area contributed by atoms with Gasteiger partial charge in [0.15, 0.2) is 0 Å². The van der Waals surface area contributed by atoms with E-state index in [9.17, 15) is 18.0 Å². The van der Waals surface area contributed by atoms with Crippen LogP contribution in [-0.4, -0.2) is 68.8 Å². The van der Waals surface area contributed by atoms with E-state index in [1.807, 2.05) is 6.92 Å². The summed E-state index contributed by atoms with van der Waals surface area (Å²) in [6.45, 7) is 7.64. The standard InChI is InChI=1S/C18H24N4O4S/c1-3-17(23)20-11-12-21(14(2)13-20)18(24)15-5-7-16(8-6-15)22-10-4-9-19-27(22,25)26/h3,5-8,14,19H,1,4,9-13H2,2H3/t14-/m0/s1. The minimum Gasteiger partial charge on any atom is -0.335 e. The average Bonchev–Trinajstić information content (AvgIpc) is 2.66. The molecule has 27 heavy (non-hydrogen) atoms. The van der Waals surface area contributed by atoms with Gasteiger partial charge in [0.2, 0.25) is 5.91 Å². The Balaban J connectivity index is 1.71. The van der Waals surface area contributed by atoms with Crippen molar-refractivity contribution < 1.29 is 18.0 Å². The second-order valence-electron chi connectivity index (χ2n) is 6.71. The number of rotatable bonds is 3. The lowest BCUT2D eigenvalue weighted by molar-refractivity contribution is -0.128. The summed E-state index contributed by atoms with van der Waals surface area (Å²) >= 11 is 0. The highest BCUT2D eigenvalue weighted by atomic mass is 32.2. The van der Waals surface area contributed by atoms with Gasteiger partial charge in [0.1, 0.15) is 0 Å². The highest BCUT2D eigenvalue weighted by Crippen LogP contribution is 2.22. The highest BCUT2D eigenvalue weighted by molar-refractivity contribution is 7.90. The van der Waals surface area contributed by atoms with Crippen molar-refractivity contribution in [3.8, 4) is 0 Å². The number of carbonyl (C=O) groups is 2. The number of nitrogens with zero attached hydrogens (tertiary/aromatic N) is 3. The molecule has 0 unspecified atom stereocenters. The Morgan fingerprint density at radius 2 is 1.89 bits per heavy atom. The number of piperazine rings is 1. The molecule has 2 aliphatic heterocycles. The number of anilines is 1. The van der Waals surface area contributed by atoms with E-state index in [0.717, 1.165) is 6.42 Å². The van der Waals surface area contributed by atoms with Crippen molar-refractivity contribution in [1.29, 1.82) is 0 Å². The Bertz CT molecular complexity index is 837. The molecule has 2 aliphatic rings. The molecule has 0 aromatic heterocycles. The number of benzene rings is 1. The van der Waals surface area contributed by atoms with Crippen LogP contribution in [0.3, 0.4) is 0 Å². The molecule has 146 valence electrons. The van der Waals surface area contributed by atoms with E-state index in [-0.39, 0.29) is 17.9 Å². The summed E-state index contributed by atoms with van der Waals surface area (Å²) in [7, 11) is -3.51. The molecule has 3 rings (SSSR count). The van der Waals surface area contributed by atoms with Crippen molar-refractivity contribution in [3.05, 3.63) is 42.5 Å². The molecular formula is C18H24N4O4S. The third-order valence-corrected chi connectivity index (χ3v) is 6.43. The molecule has 0 spiro atoms. The van der Waals surface area contributed by atoms with Crippen LogP contribution in [0.1, 0.15) is 23.7 Å². The van der Waals surface area contributed by atoms with Crippen molar-refractivity contribution in [2.24, 2.45) is 0 Å². The van der Waals surface area contributed by atoms with Crippen LogP contribution in [0, 0.1) is 0 Å². The lowest BCUT2D eigenvalue weighted by Crippen LogP contribution is -2.55. The maximum absolute atomic E-state index is 12.8. The summed E-state index contributed by atoms with van der Waals surface area (Å²) < 4.78 is 28.0. The molecular weight excluding hydrogens is 368 g/mol. The molecule has 2 amide bonds. The molecule has 1 atom stereocenters. The molecule has 0 bridgehead atoms. The van der Waals surface area contributed by atoms with Gasteiger partial charge in [0.25, 0.3) is 5.91 Å². The van der Waals surface area contributed by atoms with Crippen LogP contribution in [0.2, 0.25) is 0 Å². The summed E-state index contributed by atoms with van der Waals surface area (Å²) in [4.78, 5) is 28.0. The fourth-order valence-electron chi connectivity index (χ4n) is 3.41. The summed E-state index contributed by atoms with van der Waals surface area (Å²) in [5.41, 5.74) is 1.03. The van der Waals surface area contributed by atoms with E-state index in [2.05, 4.69) is 11.3 Å². The number of hydrogen-bond donors (Lipinski definition) is 1. The summed E-state index contributed by atoms with van der Waals surface area (Å²) in [6, 6.07) is 6.49. The van der Waals surface area contributed by atoms with E-state index in [0.29, 0.717) is 44.0 Å². The first-order chi connectivity index (χ1) is 12.8. The lowest BCUT2D eigenvalue weighted by Gasteiger charge is -2.39. The quantitative estimate of drug-likeness (QED) is 0.763. The first-order valence-corrected chi connectivity index (χ1v) is 10.4. The molecule has 1 aromatic carbocycles. The third kappa shape index (κ3) is 3.98. The number of carbonyl (C=O) groups excluding carboxylic acids is 2. The van der Waals surface area contributed by atoms with Crippen LogP contribution in [0.25, 0.3) is 0 Å². The molecule has 9 heteroatoms. The molecule has 2 saturated heterocycles. The van der Waals surface area contributed by atoms with Crippen molar-refractivity contribution in [3.63, 3.8) is 0 Å². The molecule has 1 N–H and O–H groups in total. The maximum atomic E-state index is 12.8. The van der Waals surface area contributed by atoms with E-state index >= 15 is 0 Å². The van der Waals surface area contributed by atoms with E-state index in [4.69, 9.17) is 0 Å². The first-order valence-electron chi connectivity index (χ1n) is 8.93. The van der Waals surface area contributed by atoms with Gasteiger partial charge in [-0.05, 0) is 43.7 Å². The number of hydrogen-bond acceptors (Lipinski definition) is 4. The van der Waals surface area contributed by atoms with Gasteiger partial charge in [0.05, 0.1) is 5.69 Å². The van der Waals surface area contributed by atoms with Crippen LogP contribution in [0.4, 0.5) is 5.69 Å². The maximum Gasteiger partial charge on any atom is 0.301 e. The molecule has 0 radical (unpaired) electrons. The Labute approximate surface area is 159 Å². The SMILES string of the molecule is C=CC(=O)N1CCN(C(=O)c2ccc(N3CCCNS3(=O)=O)cc2)[C@@H](C)C1. The van der Waals surface area contributed by atoms with Gasteiger partial charge in [-0.25, -0.2) is 0 Å². The van der Waals surface area contributed by atoms with Gasteiger partial charge >= 0.3 is 10.2 Å². The molecule has 2 fully saturated rings. The average molecular weight is 392 g/mol. The summed E-state index contributed by atoms with van der Waals surface area (Å²) in [5.74, 6) is -0.256. The van der Waals surface area contributed by atoms with Gasteiger partial charge in [-0.3, -0.25) is 13.9 Å². The Kier molecular flexibility index (Phi) is 5.52. The minimum atomic E-state index is -3.51. The van der Waals surface area contributed by atoms with E-state index < -0.39 is 10.2 Å². The second kappa shape index (κ2) is 7.69. The van der Waals surface area contributed by atoms with Crippen LogP contribution in [-0.2, 0) is 15.0 Å². The zero-order chi connectivity index (χ0) is 19.6. The van der Waals surface area contributed by atoms with Gasteiger partial charge in [-0.15, -0.1) is 0 Å². The largest absolute Gasteiger partial charge is 0.335 e. The highest BCUT2D eigenvalue weighted by Gasteiger charge is 2.30. The van der Waals surface area contributed by atoms with Gasteiger partial charge in [-0.2, -0.15) is 13.1 Å². The Hall–Kier alpha value is -2.39. The molecule has 2 heterocycles. The predicted molar refractivity (Wildman–Crippen MR) is 103 cm³/mol. The van der Waals surface area contributed by atoms with Crippen molar-refractivity contribution in [1.82, 2.24) is 14.5 Å². The second-order valence-corrected chi connectivity index (χ2v) is 8.39. The fraction of sp³-hybridized carbons (Fsp3) is 0.444. The number of nitrogens with one attached hydrogen (secondary N) is 1. The van der Waals surface area contributed by atoms with Crippen molar-refractivity contribution in [2.75, 3.05) is 37.0 Å². The Morgan fingerprint density at radius 3 is 2.48 bits per heavy atom. The fourth-order valence-corrected chi connectivity index (χ4v) is 4.74. The van der Waals surface area contributed by atoms with Crippen LogP contribution in [0.5, 0.6) is 0 Å². The van der Waals surface area contributed by atoms with E-state index in [1.54, 1.807) is 34.1 Å². The number of amides is 2. The first kappa shape index (κ1) is 19.4. The topological polar surface area (TPSA) is 90.0 Å². The summed E-state index contributed by atoms with van der Waals surface area (Å²) in [5, 5.41) is 0. The minimum absolute atomic E-state index is 0.110. The zero-order valence-corrected chi connectivity index (χ0v) is 16.1. The van der Waals surface area contributed by atoms with Gasteiger partial charge in [0, 0.05) is 44.3 Å². The van der Waals surface area contributed by atoms with Crippen LogP contribution < -0.4 is 9.03 Å². The smallest absolute Gasteiger partial charge is 0.301 e. The van der Waals surface area contributed by atoms with Crippen molar-refractivity contribution >= 4 is 27.7 Å². The molecule has 8 nitrogen and oxygen atoms in total. The van der Waals surface area contributed by atoms with Crippen molar-refractivity contribution in [2.45, 2.75) is 19.4 Å². The molecule has 1 aromatic rings. The Morgan fingerprint density at radius 1 is 1.19 bits per heavy atom. The van der Waals surface area contributed by atoms with Gasteiger partial charge < -0.3 is 9.80 Å².